The Bertz CT molecular complexity index is 296. The second-order valence-electron chi connectivity index (χ2n) is 4.00. The van der Waals surface area contributed by atoms with Gasteiger partial charge in [0.2, 0.25) is 0 Å². The fourth-order valence-electron chi connectivity index (χ4n) is 1.53. The van der Waals surface area contributed by atoms with Crippen molar-refractivity contribution in [1.82, 2.24) is 10.3 Å². The second kappa shape index (κ2) is 3.46. The lowest BCUT2D eigenvalue weighted by Crippen LogP contribution is -2.17. The zero-order valence-electron chi connectivity index (χ0n) is 8.25. The molecular weight excluding hydrogens is 160 g/mol. The first-order valence-electron chi connectivity index (χ1n) is 4.90. The number of nitrogens with zero attached hydrogens (tertiary/aromatic N) is 1. The lowest BCUT2D eigenvalue weighted by molar-refractivity contribution is 0.649. The van der Waals surface area contributed by atoms with E-state index in [4.69, 9.17) is 0 Å². The Kier molecular flexibility index (Phi) is 2.32. The van der Waals surface area contributed by atoms with Gasteiger partial charge in [-0.25, -0.2) is 0 Å². The van der Waals surface area contributed by atoms with Crippen molar-refractivity contribution in [1.29, 1.82) is 0 Å². The summed E-state index contributed by atoms with van der Waals surface area (Å²) in [5.74, 6) is 0.872. The number of nitrogens with one attached hydrogen (secondary N) is 1. The van der Waals surface area contributed by atoms with Gasteiger partial charge in [-0.1, -0.05) is 6.92 Å². The number of pyridine rings is 1. The average Bonchev–Trinajstić information content (AvgIpc) is 2.81. The molecule has 1 aromatic heterocycles. The lowest BCUT2D eigenvalue weighted by atomic mass is 10.1. The summed E-state index contributed by atoms with van der Waals surface area (Å²) in [6.45, 7) is 5.39. The molecule has 0 saturated heterocycles. The van der Waals surface area contributed by atoms with Gasteiger partial charge in [0.05, 0.1) is 0 Å². The van der Waals surface area contributed by atoms with Crippen molar-refractivity contribution in [3.05, 3.63) is 29.6 Å². The van der Waals surface area contributed by atoms with Crippen LogP contribution in [0.5, 0.6) is 0 Å². The minimum atomic E-state index is 0.750. The van der Waals surface area contributed by atoms with Crippen LogP contribution in [0.3, 0.4) is 0 Å². The van der Waals surface area contributed by atoms with E-state index in [1.165, 1.54) is 17.5 Å². The molecule has 70 valence electrons. The molecule has 1 N–H and O–H groups in total. The van der Waals surface area contributed by atoms with Gasteiger partial charge in [0, 0.05) is 25.0 Å². The van der Waals surface area contributed by atoms with Crippen molar-refractivity contribution >= 4 is 0 Å². The van der Waals surface area contributed by atoms with Crippen LogP contribution in [0.25, 0.3) is 0 Å². The summed E-state index contributed by atoms with van der Waals surface area (Å²) < 4.78 is 0. The molecule has 1 saturated carbocycles. The van der Waals surface area contributed by atoms with Crippen LogP contribution in [0.2, 0.25) is 0 Å². The highest BCUT2D eigenvalue weighted by molar-refractivity contribution is 5.21. The molecule has 2 nitrogen and oxygen atoms in total. The van der Waals surface area contributed by atoms with Gasteiger partial charge in [-0.2, -0.15) is 0 Å². The van der Waals surface area contributed by atoms with Crippen LogP contribution >= 0.6 is 0 Å². The molecule has 0 unspecified atom stereocenters. The Labute approximate surface area is 79.4 Å². The Morgan fingerprint density at radius 1 is 1.62 bits per heavy atom. The van der Waals surface area contributed by atoms with Crippen molar-refractivity contribution in [3.63, 3.8) is 0 Å². The molecule has 2 heteroatoms. The van der Waals surface area contributed by atoms with Crippen molar-refractivity contribution in [3.8, 4) is 0 Å². The normalized spacial score (nSPS) is 26.0. The van der Waals surface area contributed by atoms with Gasteiger partial charge < -0.3 is 5.32 Å². The zero-order valence-corrected chi connectivity index (χ0v) is 8.25. The summed E-state index contributed by atoms with van der Waals surface area (Å²) in [5, 5.41) is 3.52. The Morgan fingerprint density at radius 3 is 3.00 bits per heavy atom. The summed E-state index contributed by atoms with van der Waals surface area (Å²) in [5.41, 5.74) is 2.65. The van der Waals surface area contributed by atoms with E-state index >= 15 is 0 Å². The number of hydrogen-bond acceptors (Lipinski definition) is 2. The highest BCUT2D eigenvalue weighted by Gasteiger charge is 2.31. The molecule has 0 aliphatic heterocycles. The molecule has 0 aromatic carbocycles. The van der Waals surface area contributed by atoms with Crippen LogP contribution in [-0.2, 0) is 6.54 Å². The first-order chi connectivity index (χ1) is 6.27. The number of rotatable bonds is 3. The highest BCUT2D eigenvalue weighted by Crippen LogP contribution is 2.29. The monoisotopic (exact) mass is 176 g/mol. The lowest BCUT2D eigenvalue weighted by Gasteiger charge is -2.05. The molecule has 1 aliphatic carbocycles. The van der Waals surface area contributed by atoms with Crippen LogP contribution in [0.1, 0.15) is 24.5 Å². The summed E-state index contributed by atoms with van der Waals surface area (Å²) in [7, 11) is 0. The van der Waals surface area contributed by atoms with E-state index in [1.54, 1.807) is 0 Å². The SMILES string of the molecule is Cc1ccncc1CN[C@@H]1C[C@H]1C. The summed E-state index contributed by atoms with van der Waals surface area (Å²) in [4.78, 5) is 4.12. The van der Waals surface area contributed by atoms with Gasteiger partial charge in [-0.3, -0.25) is 4.98 Å². The van der Waals surface area contributed by atoms with Crippen molar-refractivity contribution in [2.45, 2.75) is 32.9 Å². The van der Waals surface area contributed by atoms with E-state index in [1.807, 2.05) is 12.4 Å². The molecule has 2 rings (SSSR count). The van der Waals surface area contributed by atoms with Crippen LogP contribution in [0.4, 0.5) is 0 Å². The van der Waals surface area contributed by atoms with Crippen molar-refractivity contribution in [2.75, 3.05) is 0 Å². The van der Waals surface area contributed by atoms with E-state index < -0.39 is 0 Å². The Balaban J connectivity index is 1.90. The molecule has 0 radical (unpaired) electrons. The number of aromatic nitrogens is 1. The van der Waals surface area contributed by atoms with E-state index in [-0.39, 0.29) is 0 Å². The maximum absolute atomic E-state index is 4.12. The second-order valence-corrected chi connectivity index (χ2v) is 4.00. The minimum absolute atomic E-state index is 0.750. The van der Waals surface area contributed by atoms with Crippen molar-refractivity contribution in [2.24, 2.45) is 5.92 Å². The fraction of sp³-hybridized carbons (Fsp3) is 0.545. The molecule has 0 spiro atoms. The predicted molar refractivity (Wildman–Crippen MR) is 53.4 cm³/mol. The molecule has 2 atom stereocenters. The van der Waals surface area contributed by atoms with E-state index in [0.717, 1.165) is 18.5 Å². The van der Waals surface area contributed by atoms with Crippen LogP contribution in [0.15, 0.2) is 18.5 Å². The molecule has 1 fully saturated rings. The fourth-order valence-corrected chi connectivity index (χ4v) is 1.53. The van der Waals surface area contributed by atoms with E-state index in [2.05, 4.69) is 30.2 Å². The third-order valence-corrected chi connectivity index (χ3v) is 2.81. The van der Waals surface area contributed by atoms with Gasteiger partial charge in [-0.05, 0) is 36.5 Å². The number of hydrogen-bond donors (Lipinski definition) is 1. The third-order valence-electron chi connectivity index (χ3n) is 2.81. The molecule has 1 heterocycles. The van der Waals surface area contributed by atoms with Gasteiger partial charge >= 0.3 is 0 Å². The summed E-state index contributed by atoms with van der Waals surface area (Å²) in [6, 6.07) is 2.81. The molecule has 0 bridgehead atoms. The van der Waals surface area contributed by atoms with Gasteiger partial charge in [0.15, 0.2) is 0 Å². The maximum Gasteiger partial charge on any atom is 0.0315 e. The first kappa shape index (κ1) is 8.70. The topological polar surface area (TPSA) is 24.9 Å². The standard InChI is InChI=1S/C11H16N2/c1-8-3-4-12-6-10(8)7-13-11-5-9(11)2/h3-4,6,9,11,13H,5,7H2,1-2H3/t9-,11-/m1/s1. The molecule has 1 aliphatic rings. The average molecular weight is 176 g/mol. The van der Waals surface area contributed by atoms with E-state index in [0.29, 0.717) is 0 Å². The predicted octanol–water partition coefficient (Wildman–Crippen LogP) is 1.89. The smallest absolute Gasteiger partial charge is 0.0315 e. The molecular formula is C11H16N2. The summed E-state index contributed by atoms with van der Waals surface area (Å²) in [6.07, 6.45) is 5.13. The van der Waals surface area contributed by atoms with Crippen LogP contribution < -0.4 is 5.32 Å². The van der Waals surface area contributed by atoms with E-state index in [9.17, 15) is 0 Å². The summed E-state index contributed by atoms with van der Waals surface area (Å²) >= 11 is 0. The Morgan fingerprint density at radius 2 is 2.38 bits per heavy atom. The van der Waals surface area contributed by atoms with Crippen LogP contribution in [-0.4, -0.2) is 11.0 Å². The van der Waals surface area contributed by atoms with Crippen LogP contribution in [0, 0.1) is 12.8 Å². The largest absolute Gasteiger partial charge is 0.310 e. The first-order valence-corrected chi connectivity index (χ1v) is 4.90. The minimum Gasteiger partial charge on any atom is -0.310 e. The number of aryl methyl sites for hydroxylation is 1. The van der Waals surface area contributed by atoms with Crippen molar-refractivity contribution < 1.29 is 0 Å². The molecule has 0 amide bonds. The third kappa shape index (κ3) is 2.07. The van der Waals surface area contributed by atoms with Gasteiger partial charge in [0.25, 0.3) is 0 Å². The zero-order chi connectivity index (χ0) is 9.26. The van der Waals surface area contributed by atoms with Gasteiger partial charge in [-0.15, -0.1) is 0 Å². The highest BCUT2D eigenvalue weighted by atomic mass is 15.0. The molecule has 13 heavy (non-hydrogen) atoms. The Hall–Kier alpha value is -0.890. The molecule has 1 aromatic rings. The van der Waals surface area contributed by atoms with Gasteiger partial charge in [0.1, 0.15) is 0 Å². The maximum atomic E-state index is 4.12. The quantitative estimate of drug-likeness (QED) is 0.760.